The highest BCUT2D eigenvalue weighted by Crippen LogP contribution is 2.34. The van der Waals surface area contributed by atoms with Crippen molar-refractivity contribution in [3.05, 3.63) is 53.4 Å². The van der Waals surface area contributed by atoms with Crippen molar-refractivity contribution in [2.75, 3.05) is 50.0 Å². The predicted molar refractivity (Wildman–Crippen MR) is 128 cm³/mol. The van der Waals surface area contributed by atoms with Crippen LogP contribution in [0.5, 0.6) is 0 Å². The number of amides is 2. The standard InChI is InChI=1S/C22H24F3N7O3.ClH/c23-22(24,25)16-4-6-27-19(31-16)17(18(26)33)20-29-14-3-2-13(12-15(14)30-20)21(34)28-5-1-7-32-8-10-35-11-9-32;/h2-4,6,12,29-30H,1,5,7-11H2,(H2,26,33)(H,28,34);1H. The molecule has 36 heavy (non-hydrogen) atoms. The molecule has 1 fully saturated rings. The highest BCUT2D eigenvalue weighted by Gasteiger charge is 2.34. The number of carbonyl (C=O) groups excluding carboxylic acids is 2. The van der Waals surface area contributed by atoms with Crippen LogP contribution in [0.4, 0.5) is 24.5 Å². The number of primary amides is 1. The molecule has 1 aromatic heterocycles. The Kier molecular flexibility index (Phi) is 8.71. The quantitative estimate of drug-likeness (QED) is 0.317. The minimum Gasteiger partial charge on any atom is -0.379 e. The maximum absolute atomic E-state index is 13.1. The normalized spacial score (nSPS) is 16.8. The molecule has 0 aliphatic carbocycles. The lowest BCUT2D eigenvalue weighted by atomic mass is 10.1. The fraction of sp³-hybridized carbons (Fsp3) is 0.364. The van der Waals surface area contributed by atoms with Crippen molar-refractivity contribution in [1.82, 2.24) is 20.2 Å². The first-order valence-electron chi connectivity index (χ1n) is 10.9. The molecule has 194 valence electrons. The average molecular weight is 528 g/mol. The van der Waals surface area contributed by atoms with Crippen molar-refractivity contribution >= 4 is 41.2 Å². The van der Waals surface area contributed by atoms with Crippen LogP contribution in [0.15, 0.2) is 36.3 Å². The Labute approximate surface area is 210 Å². The Bertz CT molecular complexity index is 1150. The van der Waals surface area contributed by atoms with E-state index >= 15 is 0 Å². The number of anilines is 2. The summed E-state index contributed by atoms with van der Waals surface area (Å²) in [6.07, 6.45) is -3.02. The molecule has 5 N–H and O–H groups in total. The van der Waals surface area contributed by atoms with Gasteiger partial charge in [0.15, 0.2) is 5.82 Å². The van der Waals surface area contributed by atoms with E-state index in [0.29, 0.717) is 29.5 Å². The first-order chi connectivity index (χ1) is 16.7. The van der Waals surface area contributed by atoms with Crippen LogP contribution in [-0.4, -0.2) is 66.1 Å². The topological polar surface area (TPSA) is 134 Å². The van der Waals surface area contributed by atoms with E-state index in [4.69, 9.17) is 10.5 Å². The van der Waals surface area contributed by atoms with E-state index in [1.54, 1.807) is 18.2 Å². The number of hydrogen-bond donors (Lipinski definition) is 4. The largest absolute Gasteiger partial charge is 0.433 e. The molecule has 0 bridgehead atoms. The molecule has 0 spiro atoms. The molecule has 14 heteroatoms. The molecule has 0 atom stereocenters. The Balaban J connectivity index is 0.00000361. The summed E-state index contributed by atoms with van der Waals surface area (Å²) < 4.78 is 44.5. The van der Waals surface area contributed by atoms with Crippen molar-refractivity contribution in [2.45, 2.75) is 12.6 Å². The summed E-state index contributed by atoms with van der Waals surface area (Å²) in [5, 5.41) is 8.64. The van der Waals surface area contributed by atoms with Gasteiger partial charge in [-0.25, -0.2) is 9.97 Å². The summed E-state index contributed by atoms with van der Waals surface area (Å²) in [6.45, 7) is 4.56. The van der Waals surface area contributed by atoms with Gasteiger partial charge in [0.1, 0.15) is 17.1 Å². The Morgan fingerprint density at radius 3 is 2.56 bits per heavy atom. The van der Waals surface area contributed by atoms with Gasteiger partial charge in [-0.1, -0.05) is 0 Å². The molecule has 4 rings (SSSR count). The summed E-state index contributed by atoms with van der Waals surface area (Å²) in [6, 6.07) is 5.48. The third-order valence-corrected chi connectivity index (χ3v) is 5.51. The molecule has 3 heterocycles. The summed E-state index contributed by atoms with van der Waals surface area (Å²) in [4.78, 5) is 34.2. The van der Waals surface area contributed by atoms with Crippen molar-refractivity contribution in [2.24, 2.45) is 5.73 Å². The maximum Gasteiger partial charge on any atom is 0.433 e. The minimum atomic E-state index is -4.71. The van der Waals surface area contributed by atoms with Crippen molar-refractivity contribution in [3.8, 4) is 0 Å². The van der Waals surface area contributed by atoms with Gasteiger partial charge < -0.3 is 26.4 Å². The van der Waals surface area contributed by atoms with Gasteiger partial charge in [0.25, 0.3) is 11.8 Å². The number of nitrogens with one attached hydrogen (secondary N) is 3. The number of nitrogens with two attached hydrogens (primary N) is 1. The van der Waals surface area contributed by atoms with Gasteiger partial charge in [0, 0.05) is 31.4 Å². The predicted octanol–water partition coefficient (Wildman–Crippen LogP) is 2.06. The van der Waals surface area contributed by atoms with Crippen LogP contribution in [0.2, 0.25) is 0 Å². The highest BCUT2D eigenvalue weighted by atomic mass is 35.5. The molecule has 2 amide bonds. The Hall–Kier alpha value is -3.42. The van der Waals surface area contributed by atoms with Crippen LogP contribution >= 0.6 is 12.4 Å². The summed E-state index contributed by atoms with van der Waals surface area (Å²) in [5.74, 6) is -1.75. The van der Waals surface area contributed by atoms with Gasteiger partial charge >= 0.3 is 6.18 Å². The van der Waals surface area contributed by atoms with Gasteiger partial charge in [-0.15, -0.1) is 12.4 Å². The zero-order valence-corrected chi connectivity index (χ0v) is 19.8. The van der Waals surface area contributed by atoms with Gasteiger partial charge in [0.2, 0.25) is 0 Å². The van der Waals surface area contributed by atoms with E-state index in [9.17, 15) is 22.8 Å². The number of rotatable bonds is 7. The molecular weight excluding hydrogens is 503 g/mol. The highest BCUT2D eigenvalue weighted by molar-refractivity contribution is 6.20. The van der Waals surface area contributed by atoms with E-state index in [-0.39, 0.29) is 29.7 Å². The SMILES string of the molecule is Cl.NC(=O)C(=C1Nc2ccc(C(=O)NCCCN3CCOCC3)cc2N1)c1nccc(C(F)(F)F)n1. The van der Waals surface area contributed by atoms with Gasteiger partial charge in [-0.3, -0.25) is 14.5 Å². The number of ether oxygens (including phenoxy) is 1. The molecular formula is C22H25ClF3N7O3. The van der Waals surface area contributed by atoms with Crippen LogP contribution in [0.25, 0.3) is 5.57 Å². The average Bonchev–Trinajstić information content (AvgIpc) is 3.24. The van der Waals surface area contributed by atoms with Crippen molar-refractivity contribution in [1.29, 1.82) is 0 Å². The third kappa shape index (κ3) is 6.42. The number of nitrogens with zero attached hydrogens (tertiary/aromatic N) is 3. The van der Waals surface area contributed by atoms with E-state index in [1.807, 2.05) is 0 Å². The lowest BCUT2D eigenvalue weighted by Gasteiger charge is -2.26. The first-order valence-corrected chi connectivity index (χ1v) is 10.9. The monoisotopic (exact) mass is 527 g/mol. The number of benzene rings is 1. The van der Waals surface area contributed by atoms with Crippen LogP contribution in [-0.2, 0) is 15.7 Å². The number of alkyl halides is 3. The number of carbonyl (C=O) groups is 2. The maximum atomic E-state index is 13.1. The molecule has 0 unspecified atom stereocenters. The molecule has 0 radical (unpaired) electrons. The van der Waals surface area contributed by atoms with Gasteiger partial charge in [-0.05, 0) is 37.2 Å². The van der Waals surface area contributed by atoms with Gasteiger partial charge in [-0.2, -0.15) is 13.2 Å². The molecule has 2 aliphatic rings. The van der Waals surface area contributed by atoms with E-state index in [1.165, 1.54) is 0 Å². The Morgan fingerprint density at radius 1 is 1.14 bits per heavy atom. The number of halogens is 4. The summed E-state index contributed by atoms with van der Waals surface area (Å²) >= 11 is 0. The van der Waals surface area contributed by atoms with Crippen molar-refractivity contribution in [3.63, 3.8) is 0 Å². The van der Waals surface area contributed by atoms with E-state index in [0.717, 1.165) is 45.5 Å². The smallest absolute Gasteiger partial charge is 0.379 e. The Morgan fingerprint density at radius 2 is 1.86 bits per heavy atom. The van der Waals surface area contributed by atoms with Crippen molar-refractivity contribution < 1.29 is 27.5 Å². The summed E-state index contributed by atoms with van der Waals surface area (Å²) in [5.41, 5.74) is 5.22. The number of fused-ring (bicyclic) bond motifs is 1. The van der Waals surface area contributed by atoms with Gasteiger partial charge in [0.05, 0.1) is 24.6 Å². The second-order valence-corrected chi connectivity index (χ2v) is 7.95. The number of morpholine rings is 1. The second-order valence-electron chi connectivity index (χ2n) is 7.95. The van der Waals surface area contributed by atoms with E-state index < -0.39 is 23.6 Å². The number of hydrogen-bond acceptors (Lipinski definition) is 8. The zero-order chi connectivity index (χ0) is 25.0. The molecule has 2 aromatic rings. The lowest BCUT2D eigenvalue weighted by molar-refractivity contribution is -0.141. The fourth-order valence-electron chi connectivity index (χ4n) is 3.74. The lowest BCUT2D eigenvalue weighted by Crippen LogP contribution is -2.38. The molecule has 2 aliphatic heterocycles. The zero-order valence-electron chi connectivity index (χ0n) is 19.0. The third-order valence-electron chi connectivity index (χ3n) is 5.51. The number of aromatic nitrogens is 2. The second kappa shape index (κ2) is 11.5. The molecule has 0 saturated carbocycles. The van der Waals surface area contributed by atoms with Crippen LogP contribution < -0.4 is 21.7 Å². The fourth-order valence-corrected chi connectivity index (χ4v) is 3.74. The molecule has 10 nitrogen and oxygen atoms in total. The van der Waals surface area contributed by atoms with Crippen LogP contribution in [0, 0.1) is 0 Å². The van der Waals surface area contributed by atoms with Crippen LogP contribution in [0.3, 0.4) is 0 Å². The van der Waals surface area contributed by atoms with Crippen LogP contribution in [0.1, 0.15) is 28.3 Å². The summed E-state index contributed by atoms with van der Waals surface area (Å²) in [7, 11) is 0. The molecule has 1 saturated heterocycles. The van der Waals surface area contributed by atoms with E-state index in [2.05, 4.69) is 30.8 Å². The minimum absolute atomic E-state index is 0. The molecule has 1 aromatic carbocycles. The first kappa shape index (κ1) is 27.2.